The Kier molecular flexibility index (Phi) is 5.14. The Morgan fingerprint density at radius 3 is 2.95 bits per heavy atom. The van der Waals surface area contributed by atoms with E-state index in [1.54, 1.807) is 10.9 Å². The molecule has 3 N–H and O–H groups in total. The van der Waals surface area contributed by atoms with Crippen molar-refractivity contribution in [2.24, 2.45) is 5.73 Å². The monoisotopic (exact) mass is 301 g/mol. The van der Waals surface area contributed by atoms with Gasteiger partial charge in [-0.1, -0.05) is 0 Å². The first-order valence-electron chi connectivity index (χ1n) is 6.95. The summed E-state index contributed by atoms with van der Waals surface area (Å²) < 4.78 is 28.4. The largest absolute Gasteiger partial charge is 0.330 e. The number of aryl methyl sites for hydroxylation is 1. The molecule has 0 saturated heterocycles. The van der Waals surface area contributed by atoms with Crippen molar-refractivity contribution in [1.82, 2.24) is 19.4 Å². The number of hydrogen-bond donors (Lipinski definition) is 2. The van der Waals surface area contributed by atoms with Crippen LogP contribution >= 0.6 is 0 Å². The first-order valence-corrected chi connectivity index (χ1v) is 8.43. The van der Waals surface area contributed by atoms with Crippen molar-refractivity contribution < 1.29 is 8.42 Å². The van der Waals surface area contributed by atoms with E-state index in [0.29, 0.717) is 25.7 Å². The first kappa shape index (κ1) is 15.4. The van der Waals surface area contributed by atoms with E-state index in [9.17, 15) is 8.42 Å². The van der Waals surface area contributed by atoms with Crippen molar-refractivity contribution in [3.05, 3.63) is 12.4 Å². The molecule has 8 heteroatoms. The highest BCUT2D eigenvalue weighted by molar-refractivity contribution is 7.89. The third kappa shape index (κ3) is 4.27. The molecule has 0 atom stereocenters. The lowest BCUT2D eigenvalue weighted by atomic mass is 10.4. The van der Waals surface area contributed by atoms with E-state index >= 15 is 0 Å². The van der Waals surface area contributed by atoms with Crippen LogP contribution in [-0.4, -0.2) is 55.8 Å². The highest BCUT2D eigenvalue weighted by Crippen LogP contribution is 2.24. The van der Waals surface area contributed by atoms with Gasteiger partial charge in [-0.05, 0) is 32.9 Å². The highest BCUT2D eigenvalue weighted by Gasteiger charge is 2.26. The lowest BCUT2D eigenvalue weighted by molar-refractivity contribution is 0.329. The van der Waals surface area contributed by atoms with Crippen molar-refractivity contribution in [2.75, 3.05) is 26.7 Å². The van der Waals surface area contributed by atoms with Gasteiger partial charge in [-0.25, -0.2) is 13.1 Å². The Balaban J connectivity index is 1.83. The van der Waals surface area contributed by atoms with E-state index in [2.05, 4.69) is 14.7 Å². The summed E-state index contributed by atoms with van der Waals surface area (Å²) >= 11 is 0. The zero-order chi connectivity index (χ0) is 14.6. The second-order valence-electron chi connectivity index (χ2n) is 5.19. The maximum atomic E-state index is 12.1. The number of nitrogens with two attached hydrogens (primary N) is 1. The zero-order valence-corrected chi connectivity index (χ0v) is 12.6. The van der Waals surface area contributed by atoms with Crippen LogP contribution in [0.5, 0.6) is 0 Å². The van der Waals surface area contributed by atoms with Crippen LogP contribution in [0.2, 0.25) is 0 Å². The van der Waals surface area contributed by atoms with Crippen molar-refractivity contribution in [2.45, 2.75) is 36.7 Å². The topological polar surface area (TPSA) is 93.2 Å². The molecular weight excluding hydrogens is 278 g/mol. The average Bonchev–Trinajstić information content (AvgIpc) is 3.14. The summed E-state index contributed by atoms with van der Waals surface area (Å²) in [7, 11) is -1.43. The standard InChI is InChI=1S/C12H23N5O2S/c1-16(11-3-4-11)8-6-15-20(18,19)12-9-14-17(10-12)7-2-5-13/h9-11,15H,2-8,13H2,1H3. The summed E-state index contributed by atoms with van der Waals surface area (Å²) in [6.45, 7) is 2.35. The van der Waals surface area contributed by atoms with Crippen molar-refractivity contribution in [3.8, 4) is 0 Å². The van der Waals surface area contributed by atoms with Crippen LogP contribution in [0.3, 0.4) is 0 Å². The van der Waals surface area contributed by atoms with Gasteiger partial charge in [0.15, 0.2) is 0 Å². The van der Waals surface area contributed by atoms with Gasteiger partial charge in [0.2, 0.25) is 10.0 Å². The molecule has 1 aromatic rings. The molecule has 0 radical (unpaired) electrons. The molecule has 7 nitrogen and oxygen atoms in total. The Morgan fingerprint density at radius 1 is 1.55 bits per heavy atom. The van der Waals surface area contributed by atoms with E-state index in [4.69, 9.17) is 5.73 Å². The second-order valence-corrected chi connectivity index (χ2v) is 6.96. The van der Waals surface area contributed by atoms with Crippen molar-refractivity contribution in [3.63, 3.8) is 0 Å². The number of likely N-dealkylation sites (N-methyl/N-ethyl adjacent to an activating group) is 1. The molecule has 1 heterocycles. The van der Waals surface area contributed by atoms with Gasteiger partial charge in [-0.3, -0.25) is 4.68 Å². The molecule has 114 valence electrons. The highest BCUT2D eigenvalue weighted by atomic mass is 32.2. The number of hydrogen-bond acceptors (Lipinski definition) is 5. The van der Waals surface area contributed by atoms with Crippen LogP contribution in [0.4, 0.5) is 0 Å². The van der Waals surface area contributed by atoms with E-state index in [-0.39, 0.29) is 4.90 Å². The molecule has 2 rings (SSSR count). The van der Waals surface area contributed by atoms with E-state index in [1.165, 1.54) is 19.0 Å². The van der Waals surface area contributed by atoms with Gasteiger partial charge >= 0.3 is 0 Å². The van der Waals surface area contributed by atoms with Gasteiger partial charge < -0.3 is 10.6 Å². The molecule has 0 bridgehead atoms. The van der Waals surface area contributed by atoms with Gasteiger partial charge in [0.1, 0.15) is 4.90 Å². The molecule has 1 aromatic heterocycles. The summed E-state index contributed by atoms with van der Waals surface area (Å²) in [5.41, 5.74) is 5.42. The molecule has 20 heavy (non-hydrogen) atoms. The number of sulfonamides is 1. The molecule has 1 aliphatic carbocycles. The van der Waals surface area contributed by atoms with Crippen molar-refractivity contribution >= 4 is 10.0 Å². The maximum Gasteiger partial charge on any atom is 0.243 e. The van der Waals surface area contributed by atoms with Crippen LogP contribution in [0, 0.1) is 0 Å². The van der Waals surface area contributed by atoms with Crippen LogP contribution in [0.25, 0.3) is 0 Å². The summed E-state index contributed by atoms with van der Waals surface area (Å²) in [6, 6.07) is 0.638. The average molecular weight is 301 g/mol. The Morgan fingerprint density at radius 2 is 2.30 bits per heavy atom. The quantitative estimate of drug-likeness (QED) is 0.647. The normalized spacial score (nSPS) is 15.9. The summed E-state index contributed by atoms with van der Waals surface area (Å²) in [6.07, 6.45) is 6.14. The minimum Gasteiger partial charge on any atom is -0.330 e. The fraction of sp³-hybridized carbons (Fsp3) is 0.750. The zero-order valence-electron chi connectivity index (χ0n) is 11.8. The van der Waals surface area contributed by atoms with Gasteiger partial charge in [-0.15, -0.1) is 0 Å². The minimum atomic E-state index is -3.46. The van der Waals surface area contributed by atoms with Gasteiger partial charge in [-0.2, -0.15) is 5.10 Å². The van der Waals surface area contributed by atoms with E-state index in [1.807, 2.05) is 7.05 Å². The summed E-state index contributed by atoms with van der Waals surface area (Å²) in [5, 5.41) is 4.03. The Hall–Kier alpha value is -0.960. The smallest absolute Gasteiger partial charge is 0.243 e. The van der Waals surface area contributed by atoms with E-state index in [0.717, 1.165) is 13.0 Å². The predicted octanol–water partition coefficient (Wildman–Crippen LogP) is -0.396. The number of nitrogens with one attached hydrogen (secondary N) is 1. The maximum absolute atomic E-state index is 12.1. The predicted molar refractivity (Wildman–Crippen MR) is 76.7 cm³/mol. The molecule has 0 spiro atoms. The van der Waals surface area contributed by atoms with Crippen LogP contribution in [0.15, 0.2) is 17.3 Å². The Labute approximate surface area is 120 Å². The van der Waals surface area contributed by atoms with Gasteiger partial charge in [0, 0.05) is 31.9 Å². The lowest BCUT2D eigenvalue weighted by Crippen LogP contribution is -2.33. The van der Waals surface area contributed by atoms with E-state index < -0.39 is 10.0 Å². The molecule has 1 aliphatic rings. The molecule has 1 fully saturated rings. The number of nitrogens with zero attached hydrogens (tertiary/aromatic N) is 3. The molecule has 0 amide bonds. The second kappa shape index (κ2) is 6.66. The van der Waals surface area contributed by atoms with Gasteiger partial charge in [0.05, 0.1) is 6.20 Å². The summed E-state index contributed by atoms with van der Waals surface area (Å²) in [5.74, 6) is 0. The number of rotatable bonds is 9. The fourth-order valence-electron chi connectivity index (χ4n) is 2.00. The molecule has 1 saturated carbocycles. The van der Waals surface area contributed by atoms with Crippen molar-refractivity contribution in [1.29, 1.82) is 0 Å². The molecule has 0 unspecified atom stereocenters. The number of aromatic nitrogens is 2. The Bertz CT molecular complexity index is 524. The fourth-order valence-corrected chi connectivity index (χ4v) is 2.97. The molecular formula is C12H23N5O2S. The minimum absolute atomic E-state index is 0.212. The molecule has 0 aliphatic heterocycles. The first-order chi connectivity index (χ1) is 9.53. The SMILES string of the molecule is CN(CCNS(=O)(=O)c1cnn(CCCN)c1)C1CC1. The third-order valence-corrected chi connectivity index (χ3v) is 4.85. The van der Waals surface area contributed by atoms with Crippen LogP contribution in [0.1, 0.15) is 19.3 Å². The van der Waals surface area contributed by atoms with Crippen LogP contribution < -0.4 is 10.5 Å². The lowest BCUT2D eigenvalue weighted by Gasteiger charge is -2.15. The van der Waals surface area contributed by atoms with Gasteiger partial charge in [0.25, 0.3) is 0 Å². The van der Waals surface area contributed by atoms with Crippen LogP contribution in [-0.2, 0) is 16.6 Å². The molecule has 0 aromatic carbocycles. The summed E-state index contributed by atoms with van der Waals surface area (Å²) in [4.78, 5) is 2.40. The third-order valence-electron chi connectivity index (χ3n) is 3.44.